The van der Waals surface area contributed by atoms with Gasteiger partial charge in [0.25, 0.3) is 0 Å². The summed E-state index contributed by atoms with van der Waals surface area (Å²) in [5.74, 6) is 0. The Labute approximate surface area is 114 Å². The SMILES string of the molecule is Cc1cccc2c1S(=O)(=O)C=C2CN1CCCCC1. The Bertz CT molecular complexity index is 626. The summed E-state index contributed by atoms with van der Waals surface area (Å²) >= 11 is 0. The van der Waals surface area contributed by atoms with Crippen LogP contribution in [0, 0.1) is 6.92 Å². The van der Waals surface area contributed by atoms with Crippen molar-refractivity contribution in [2.75, 3.05) is 19.6 Å². The van der Waals surface area contributed by atoms with E-state index in [1.54, 1.807) is 0 Å². The van der Waals surface area contributed by atoms with Crippen LogP contribution in [-0.2, 0) is 9.84 Å². The Kier molecular flexibility index (Phi) is 3.23. The minimum Gasteiger partial charge on any atom is -0.299 e. The van der Waals surface area contributed by atoms with Gasteiger partial charge in [0.15, 0.2) is 0 Å². The summed E-state index contributed by atoms with van der Waals surface area (Å²) in [6, 6.07) is 5.75. The highest BCUT2D eigenvalue weighted by atomic mass is 32.2. The van der Waals surface area contributed by atoms with Crippen LogP contribution in [0.2, 0.25) is 0 Å². The van der Waals surface area contributed by atoms with Gasteiger partial charge in [-0.3, -0.25) is 4.90 Å². The third kappa shape index (κ3) is 2.35. The van der Waals surface area contributed by atoms with Crippen LogP contribution in [-0.4, -0.2) is 33.0 Å². The summed E-state index contributed by atoms with van der Waals surface area (Å²) in [4.78, 5) is 2.88. The molecule has 0 bridgehead atoms. The molecule has 3 rings (SSSR count). The number of hydrogen-bond donors (Lipinski definition) is 0. The van der Waals surface area contributed by atoms with Gasteiger partial charge < -0.3 is 0 Å². The zero-order valence-corrected chi connectivity index (χ0v) is 12.0. The molecule has 0 aliphatic carbocycles. The summed E-state index contributed by atoms with van der Waals surface area (Å²) in [6.45, 7) is 4.79. The van der Waals surface area contributed by atoms with Gasteiger partial charge in [0.2, 0.25) is 9.84 Å². The molecule has 1 saturated heterocycles. The van der Waals surface area contributed by atoms with Crippen molar-refractivity contribution in [1.82, 2.24) is 4.90 Å². The Morgan fingerprint density at radius 1 is 1.16 bits per heavy atom. The molecule has 3 nitrogen and oxygen atoms in total. The van der Waals surface area contributed by atoms with Gasteiger partial charge in [-0.1, -0.05) is 24.6 Å². The van der Waals surface area contributed by atoms with Crippen LogP contribution in [0.4, 0.5) is 0 Å². The Morgan fingerprint density at radius 2 is 1.89 bits per heavy atom. The van der Waals surface area contributed by atoms with Crippen molar-refractivity contribution in [1.29, 1.82) is 0 Å². The van der Waals surface area contributed by atoms with E-state index in [2.05, 4.69) is 4.90 Å². The van der Waals surface area contributed by atoms with Crippen molar-refractivity contribution >= 4 is 15.4 Å². The van der Waals surface area contributed by atoms with Crippen molar-refractivity contribution in [2.45, 2.75) is 31.1 Å². The number of rotatable bonds is 2. The molecule has 0 unspecified atom stereocenters. The molecular weight excluding hydrogens is 258 g/mol. The second-order valence-electron chi connectivity index (χ2n) is 5.48. The van der Waals surface area contributed by atoms with Crippen molar-refractivity contribution in [2.24, 2.45) is 0 Å². The smallest absolute Gasteiger partial charge is 0.201 e. The first kappa shape index (κ1) is 12.9. The molecule has 0 amide bonds. The first-order chi connectivity index (χ1) is 9.08. The van der Waals surface area contributed by atoms with E-state index in [9.17, 15) is 8.42 Å². The maximum absolute atomic E-state index is 12.2. The molecule has 102 valence electrons. The Hall–Kier alpha value is -1.13. The van der Waals surface area contributed by atoms with Gasteiger partial charge in [0.05, 0.1) is 4.90 Å². The minimum absolute atomic E-state index is 0.516. The van der Waals surface area contributed by atoms with Crippen LogP contribution < -0.4 is 0 Å². The fraction of sp³-hybridized carbons (Fsp3) is 0.467. The van der Waals surface area contributed by atoms with E-state index in [0.29, 0.717) is 4.90 Å². The lowest BCUT2D eigenvalue weighted by molar-refractivity contribution is 0.255. The fourth-order valence-corrected chi connectivity index (χ4v) is 4.79. The van der Waals surface area contributed by atoms with Crippen LogP contribution in [0.5, 0.6) is 0 Å². The molecule has 4 heteroatoms. The fourth-order valence-electron chi connectivity index (χ4n) is 3.07. The second-order valence-corrected chi connectivity index (χ2v) is 7.21. The average molecular weight is 277 g/mol. The molecule has 0 atom stereocenters. The van der Waals surface area contributed by atoms with Crippen LogP contribution in [0.15, 0.2) is 28.5 Å². The van der Waals surface area contributed by atoms with Gasteiger partial charge in [0.1, 0.15) is 0 Å². The number of benzene rings is 1. The lowest BCUT2D eigenvalue weighted by atomic mass is 10.0. The van der Waals surface area contributed by atoms with Gasteiger partial charge in [-0.2, -0.15) is 0 Å². The Morgan fingerprint density at radius 3 is 2.63 bits per heavy atom. The van der Waals surface area contributed by atoms with E-state index in [1.165, 1.54) is 24.7 Å². The van der Waals surface area contributed by atoms with Crippen molar-refractivity contribution in [3.8, 4) is 0 Å². The lowest BCUT2D eigenvalue weighted by Crippen LogP contribution is -2.30. The van der Waals surface area contributed by atoms with Crippen LogP contribution >= 0.6 is 0 Å². The zero-order chi connectivity index (χ0) is 13.5. The second kappa shape index (κ2) is 4.76. The standard InChI is InChI=1S/C15H19NO2S/c1-12-6-5-7-14-13(11-19(17,18)15(12)14)10-16-8-3-2-4-9-16/h5-7,11H,2-4,8-10H2,1H3. The molecule has 2 aliphatic heterocycles. The number of likely N-dealkylation sites (tertiary alicyclic amines) is 1. The highest BCUT2D eigenvalue weighted by Crippen LogP contribution is 2.36. The van der Waals surface area contributed by atoms with E-state index < -0.39 is 9.84 Å². The highest BCUT2D eigenvalue weighted by molar-refractivity contribution is 7.95. The summed E-state index contributed by atoms with van der Waals surface area (Å²) in [5, 5.41) is 1.47. The van der Waals surface area contributed by atoms with Crippen LogP contribution in [0.3, 0.4) is 0 Å². The molecule has 0 saturated carbocycles. The molecule has 0 aromatic heterocycles. The van der Waals surface area contributed by atoms with Crippen LogP contribution in [0.25, 0.3) is 5.57 Å². The maximum Gasteiger partial charge on any atom is 0.201 e. The van der Waals surface area contributed by atoms with E-state index >= 15 is 0 Å². The molecular formula is C15H19NO2S. The number of fused-ring (bicyclic) bond motifs is 1. The maximum atomic E-state index is 12.2. The van der Waals surface area contributed by atoms with E-state index in [-0.39, 0.29) is 0 Å². The van der Waals surface area contributed by atoms with Gasteiger partial charge in [-0.15, -0.1) is 0 Å². The summed E-state index contributed by atoms with van der Waals surface area (Å²) < 4.78 is 24.5. The number of hydrogen-bond acceptors (Lipinski definition) is 3. The summed E-state index contributed by atoms with van der Waals surface area (Å²) in [5.41, 5.74) is 2.72. The highest BCUT2D eigenvalue weighted by Gasteiger charge is 2.29. The van der Waals surface area contributed by atoms with Gasteiger partial charge in [-0.25, -0.2) is 8.42 Å². The number of nitrogens with zero attached hydrogens (tertiary/aromatic N) is 1. The van der Waals surface area contributed by atoms with Crippen molar-refractivity contribution in [3.05, 3.63) is 34.7 Å². The summed E-state index contributed by atoms with van der Waals surface area (Å²) in [6.07, 6.45) is 3.74. The first-order valence-electron chi connectivity index (χ1n) is 6.86. The molecule has 0 radical (unpaired) electrons. The molecule has 1 fully saturated rings. The molecule has 2 heterocycles. The molecule has 1 aromatic carbocycles. The molecule has 0 spiro atoms. The normalized spacial score (nSPS) is 22.1. The van der Waals surface area contributed by atoms with Crippen molar-refractivity contribution in [3.63, 3.8) is 0 Å². The van der Waals surface area contributed by atoms with Crippen LogP contribution in [0.1, 0.15) is 30.4 Å². The van der Waals surface area contributed by atoms with E-state index in [4.69, 9.17) is 0 Å². The first-order valence-corrected chi connectivity index (χ1v) is 8.40. The number of aryl methyl sites for hydroxylation is 1. The molecule has 2 aliphatic rings. The average Bonchev–Trinajstić information content (AvgIpc) is 2.63. The van der Waals surface area contributed by atoms with E-state index in [1.807, 2.05) is 25.1 Å². The topological polar surface area (TPSA) is 37.4 Å². The largest absolute Gasteiger partial charge is 0.299 e. The monoisotopic (exact) mass is 277 g/mol. The third-order valence-corrected chi connectivity index (χ3v) is 5.69. The van der Waals surface area contributed by atoms with Gasteiger partial charge in [0, 0.05) is 12.0 Å². The van der Waals surface area contributed by atoms with Crippen molar-refractivity contribution < 1.29 is 8.42 Å². The quantitative estimate of drug-likeness (QED) is 0.834. The zero-order valence-electron chi connectivity index (χ0n) is 11.2. The minimum atomic E-state index is -3.22. The predicted molar refractivity (Wildman–Crippen MR) is 76.6 cm³/mol. The predicted octanol–water partition coefficient (Wildman–Crippen LogP) is 2.61. The Balaban J connectivity index is 1.94. The lowest BCUT2D eigenvalue weighted by Gasteiger charge is -2.26. The third-order valence-electron chi connectivity index (χ3n) is 3.98. The molecule has 19 heavy (non-hydrogen) atoms. The number of piperidine rings is 1. The summed E-state index contributed by atoms with van der Waals surface area (Å²) in [7, 11) is -3.22. The molecule has 1 aromatic rings. The van der Waals surface area contributed by atoms with E-state index in [0.717, 1.165) is 36.3 Å². The van der Waals surface area contributed by atoms with Gasteiger partial charge in [-0.05, 0) is 49.6 Å². The number of sulfone groups is 1. The van der Waals surface area contributed by atoms with Gasteiger partial charge >= 0.3 is 0 Å². The molecule has 0 N–H and O–H groups in total.